The largest absolute Gasteiger partial charge is 0.493 e. The molecule has 2 heterocycles. The van der Waals surface area contributed by atoms with Crippen LogP contribution in [-0.4, -0.2) is 38.6 Å². The van der Waals surface area contributed by atoms with Crippen molar-refractivity contribution >= 4 is 40.0 Å². The summed E-state index contributed by atoms with van der Waals surface area (Å²) in [6.45, 7) is 0.629. The first-order valence-corrected chi connectivity index (χ1v) is 11.3. The summed E-state index contributed by atoms with van der Waals surface area (Å²) in [5, 5.41) is 4.94. The van der Waals surface area contributed by atoms with Crippen molar-refractivity contribution in [2.75, 3.05) is 24.4 Å². The zero-order valence-electron chi connectivity index (χ0n) is 17.3. The number of nitrogens with zero attached hydrogens (tertiary/aromatic N) is 4. The Bertz CT molecular complexity index is 1210. The number of thioether (sulfide) groups is 1. The van der Waals surface area contributed by atoms with E-state index >= 15 is 0 Å². The number of fused-ring (bicyclic) bond motifs is 1. The van der Waals surface area contributed by atoms with Gasteiger partial charge in [0.05, 0.1) is 23.2 Å². The molecule has 0 aliphatic heterocycles. The molecule has 0 saturated heterocycles. The monoisotopic (exact) mass is 473 g/mol. The lowest BCUT2D eigenvalue weighted by Crippen LogP contribution is -2.11. The summed E-state index contributed by atoms with van der Waals surface area (Å²) in [6.07, 6.45) is 6.04. The molecule has 0 saturated carbocycles. The molecule has 0 aliphatic rings. The molecule has 0 atom stereocenters. The number of aromatic nitrogens is 4. The van der Waals surface area contributed by atoms with Crippen LogP contribution in [0.1, 0.15) is 6.42 Å². The molecule has 10 heteroatoms. The fourth-order valence-corrected chi connectivity index (χ4v) is 3.94. The third-order valence-corrected chi connectivity index (χ3v) is 5.92. The van der Waals surface area contributed by atoms with Crippen LogP contribution in [0, 0.1) is 5.82 Å². The van der Waals surface area contributed by atoms with Gasteiger partial charge in [-0.3, -0.25) is 0 Å². The van der Waals surface area contributed by atoms with E-state index in [9.17, 15) is 4.39 Å². The third-order valence-electron chi connectivity index (χ3n) is 4.54. The summed E-state index contributed by atoms with van der Waals surface area (Å²) < 4.78 is 27.4. The van der Waals surface area contributed by atoms with E-state index in [0.29, 0.717) is 28.7 Å². The number of anilines is 1. The second-order valence-electron chi connectivity index (χ2n) is 6.82. The molecular weight excluding hydrogens is 453 g/mol. The first-order valence-electron chi connectivity index (χ1n) is 9.89. The Labute approximate surface area is 193 Å². The quantitative estimate of drug-likeness (QED) is 0.193. The Hall–Kier alpha value is -3.04. The maximum atomic E-state index is 13.9. The summed E-state index contributed by atoms with van der Waals surface area (Å²) >= 11 is 7.47. The van der Waals surface area contributed by atoms with Gasteiger partial charge in [-0.05, 0) is 36.8 Å². The van der Waals surface area contributed by atoms with Gasteiger partial charge in [0.2, 0.25) is 5.88 Å². The van der Waals surface area contributed by atoms with Crippen molar-refractivity contribution in [2.45, 2.75) is 11.6 Å². The van der Waals surface area contributed by atoms with Gasteiger partial charge in [-0.15, -0.1) is 0 Å². The molecule has 166 valence electrons. The predicted molar refractivity (Wildman–Crippen MR) is 124 cm³/mol. The molecule has 4 aromatic rings. The van der Waals surface area contributed by atoms with Crippen LogP contribution in [-0.2, 0) is 7.05 Å². The van der Waals surface area contributed by atoms with Crippen LogP contribution in [0.3, 0.4) is 0 Å². The Morgan fingerprint density at radius 1 is 1.12 bits per heavy atom. The Balaban J connectivity index is 1.30. The molecule has 0 unspecified atom stereocenters. The zero-order chi connectivity index (χ0) is 22.3. The first-order chi connectivity index (χ1) is 15.6. The smallest absolute Gasteiger partial charge is 0.226 e. The van der Waals surface area contributed by atoms with Gasteiger partial charge < -0.3 is 19.4 Å². The van der Waals surface area contributed by atoms with Gasteiger partial charge in [0.1, 0.15) is 17.9 Å². The molecule has 2 aromatic carbocycles. The molecule has 0 spiro atoms. The highest BCUT2D eigenvalue weighted by Crippen LogP contribution is 2.26. The molecule has 4 rings (SSSR count). The number of imidazole rings is 1. The number of rotatable bonds is 10. The zero-order valence-corrected chi connectivity index (χ0v) is 18.9. The minimum atomic E-state index is -0.450. The van der Waals surface area contributed by atoms with Gasteiger partial charge in [-0.1, -0.05) is 23.4 Å². The van der Waals surface area contributed by atoms with Crippen LogP contribution in [0.25, 0.3) is 10.9 Å². The highest BCUT2D eigenvalue weighted by Gasteiger charge is 2.08. The fourth-order valence-electron chi connectivity index (χ4n) is 2.94. The topological polar surface area (TPSA) is 74.1 Å². The van der Waals surface area contributed by atoms with Gasteiger partial charge in [0.25, 0.3) is 0 Å². The molecule has 2 aromatic heterocycles. The van der Waals surface area contributed by atoms with Gasteiger partial charge in [0, 0.05) is 36.3 Å². The minimum absolute atomic E-state index is 0.0383. The lowest BCUT2D eigenvalue weighted by molar-refractivity contribution is 0.319. The second kappa shape index (κ2) is 10.5. The summed E-state index contributed by atoms with van der Waals surface area (Å²) in [5.74, 6) is 1.59. The van der Waals surface area contributed by atoms with Crippen LogP contribution in [0.2, 0.25) is 5.02 Å². The number of halogens is 2. The van der Waals surface area contributed by atoms with Crippen molar-refractivity contribution < 1.29 is 13.9 Å². The number of hydrogen-bond acceptors (Lipinski definition) is 7. The fraction of sp³-hybridized carbons (Fsp3) is 0.227. The molecule has 32 heavy (non-hydrogen) atoms. The van der Waals surface area contributed by atoms with E-state index in [2.05, 4.69) is 20.3 Å². The molecule has 0 fully saturated rings. The lowest BCUT2D eigenvalue weighted by atomic mass is 10.2. The van der Waals surface area contributed by atoms with E-state index in [4.69, 9.17) is 21.1 Å². The number of benzene rings is 2. The van der Waals surface area contributed by atoms with Crippen LogP contribution >= 0.6 is 23.4 Å². The molecule has 7 nitrogen and oxygen atoms in total. The average molecular weight is 474 g/mol. The van der Waals surface area contributed by atoms with Crippen LogP contribution in [0.4, 0.5) is 10.1 Å². The Morgan fingerprint density at radius 3 is 2.84 bits per heavy atom. The number of ether oxygens (including phenoxy) is 2. The van der Waals surface area contributed by atoms with Crippen molar-refractivity contribution in [1.82, 2.24) is 19.5 Å². The van der Waals surface area contributed by atoms with E-state index in [1.807, 2.05) is 36.0 Å². The van der Waals surface area contributed by atoms with Crippen LogP contribution in [0.15, 0.2) is 60.3 Å². The molecule has 0 radical (unpaired) electrons. The highest BCUT2D eigenvalue weighted by atomic mass is 35.5. The maximum Gasteiger partial charge on any atom is 0.226 e. The Kier molecular flexibility index (Phi) is 7.28. The third kappa shape index (κ3) is 5.60. The molecule has 0 amide bonds. The van der Waals surface area contributed by atoms with Gasteiger partial charge in [0.15, 0.2) is 11.9 Å². The first kappa shape index (κ1) is 22.2. The van der Waals surface area contributed by atoms with Gasteiger partial charge >= 0.3 is 0 Å². The van der Waals surface area contributed by atoms with Crippen LogP contribution in [0.5, 0.6) is 11.6 Å². The second-order valence-corrected chi connectivity index (χ2v) is 8.32. The van der Waals surface area contributed by atoms with Crippen molar-refractivity contribution in [3.63, 3.8) is 0 Å². The molecule has 1 N–H and O–H groups in total. The molecule has 0 aliphatic carbocycles. The average Bonchev–Trinajstić information content (AvgIpc) is 3.19. The lowest BCUT2D eigenvalue weighted by Gasteiger charge is -2.11. The van der Waals surface area contributed by atoms with E-state index in [1.165, 1.54) is 12.4 Å². The standard InChI is InChI=1S/C22H21ClFN5O2S/c1-29-8-7-25-22(29)32-10-2-9-30-16-4-5-17-20(12-16)26-13-27-21(17)31-14-28-19-6-3-15(23)11-18(19)24/h3-8,11-13,28H,2,9-10,14H2,1H3. The molecule has 0 bridgehead atoms. The van der Waals surface area contributed by atoms with Crippen molar-refractivity contribution in [3.8, 4) is 11.6 Å². The van der Waals surface area contributed by atoms with E-state index in [0.717, 1.165) is 28.5 Å². The summed E-state index contributed by atoms with van der Waals surface area (Å²) in [5.41, 5.74) is 0.997. The Morgan fingerprint density at radius 2 is 2.03 bits per heavy atom. The highest BCUT2D eigenvalue weighted by molar-refractivity contribution is 7.99. The number of aryl methyl sites for hydroxylation is 1. The van der Waals surface area contributed by atoms with E-state index in [-0.39, 0.29) is 6.73 Å². The van der Waals surface area contributed by atoms with Crippen molar-refractivity contribution in [1.29, 1.82) is 0 Å². The summed E-state index contributed by atoms with van der Waals surface area (Å²) in [6, 6.07) is 9.95. The minimum Gasteiger partial charge on any atom is -0.493 e. The normalized spacial score (nSPS) is 11.0. The van der Waals surface area contributed by atoms with Crippen molar-refractivity contribution in [3.05, 3.63) is 66.0 Å². The van der Waals surface area contributed by atoms with E-state index in [1.54, 1.807) is 30.1 Å². The maximum absolute atomic E-state index is 13.9. The van der Waals surface area contributed by atoms with Gasteiger partial charge in [-0.2, -0.15) is 0 Å². The van der Waals surface area contributed by atoms with Gasteiger partial charge in [-0.25, -0.2) is 19.3 Å². The number of hydrogen-bond donors (Lipinski definition) is 1. The summed E-state index contributed by atoms with van der Waals surface area (Å²) in [4.78, 5) is 12.8. The van der Waals surface area contributed by atoms with Crippen LogP contribution < -0.4 is 14.8 Å². The van der Waals surface area contributed by atoms with E-state index < -0.39 is 5.82 Å². The SMILES string of the molecule is Cn1ccnc1SCCCOc1ccc2c(OCNc3ccc(Cl)cc3F)ncnc2c1. The van der Waals surface area contributed by atoms with Crippen molar-refractivity contribution in [2.24, 2.45) is 7.05 Å². The summed E-state index contributed by atoms with van der Waals surface area (Å²) in [7, 11) is 1.98. The number of nitrogens with one attached hydrogen (secondary N) is 1. The predicted octanol–water partition coefficient (Wildman–Crippen LogP) is 5.17. The molecular formula is C22H21ClFN5O2S.